The van der Waals surface area contributed by atoms with Crippen LogP contribution in [0.2, 0.25) is 0 Å². The predicted molar refractivity (Wildman–Crippen MR) is 62.7 cm³/mol. The van der Waals surface area contributed by atoms with Gasteiger partial charge in [-0.15, -0.1) is 0 Å². The lowest BCUT2D eigenvalue weighted by Gasteiger charge is -2.40. The molecule has 1 heterocycles. The average Bonchev–Trinajstić information content (AvgIpc) is 2.23. The third-order valence-corrected chi connectivity index (χ3v) is 4.03. The third kappa shape index (κ3) is 2.37. The molecule has 2 rings (SSSR count). The Kier molecular flexibility index (Phi) is 3.26. The number of nitrogens with one attached hydrogen (secondary N) is 1. The summed E-state index contributed by atoms with van der Waals surface area (Å²) in [6.45, 7) is 3.66. The van der Waals surface area contributed by atoms with Crippen molar-refractivity contribution >= 4 is 12.0 Å². The predicted octanol–water partition coefficient (Wildman–Crippen LogP) is 1.44. The summed E-state index contributed by atoms with van der Waals surface area (Å²) in [5.74, 6) is -0.237. The molecule has 1 saturated heterocycles. The lowest BCUT2D eigenvalue weighted by atomic mass is 9.77. The summed E-state index contributed by atoms with van der Waals surface area (Å²) < 4.78 is 0. The summed E-state index contributed by atoms with van der Waals surface area (Å²) in [5, 5.41) is 11.8. The smallest absolute Gasteiger partial charge is 0.329 e. The van der Waals surface area contributed by atoms with E-state index in [-0.39, 0.29) is 6.03 Å². The van der Waals surface area contributed by atoms with Gasteiger partial charge in [0.05, 0.1) is 0 Å². The van der Waals surface area contributed by atoms with Crippen LogP contribution in [0.15, 0.2) is 0 Å². The van der Waals surface area contributed by atoms with Crippen molar-refractivity contribution in [3.8, 4) is 0 Å². The summed E-state index contributed by atoms with van der Waals surface area (Å²) in [5.41, 5.74) is -0.986. The molecule has 5 heteroatoms. The fourth-order valence-corrected chi connectivity index (χ4v) is 2.42. The number of amides is 2. The number of carbonyl (C=O) groups is 2. The van der Waals surface area contributed by atoms with Gasteiger partial charge in [-0.25, -0.2) is 9.59 Å². The first kappa shape index (κ1) is 12.2. The minimum absolute atomic E-state index is 0.209. The molecule has 0 spiro atoms. The minimum atomic E-state index is -0.986. The normalized spacial score (nSPS) is 23.9. The fourth-order valence-electron chi connectivity index (χ4n) is 2.42. The van der Waals surface area contributed by atoms with Crippen LogP contribution in [-0.2, 0) is 4.79 Å². The highest BCUT2D eigenvalue weighted by Crippen LogP contribution is 2.32. The Morgan fingerprint density at radius 3 is 2.29 bits per heavy atom. The molecule has 2 N–H and O–H groups in total. The highest BCUT2D eigenvalue weighted by Gasteiger charge is 2.46. The SMILES string of the molecule is CC1CCN(C(=O)NC2(C(=O)O)CCC2)CC1. The van der Waals surface area contributed by atoms with Gasteiger partial charge in [-0.3, -0.25) is 0 Å². The molecule has 0 atom stereocenters. The zero-order valence-corrected chi connectivity index (χ0v) is 10.2. The summed E-state index contributed by atoms with van der Waals surface area (Å²) in [4.78, 5) is 24.8. The average molecular weight is 240 g/mol. The molecule has 17 heavy (non-hydrogen) atoms. The van der Waals surface area contributed by atoms with E-state index in [0.29, 0.717) is 18.8 Å². The Hall–Kier alpha value is -1.26. The fraction of sp³-hybridized carbons (Fsp3) is 0.833. The van der Waals surface area contributed by atoms with Crippen molar-refractivity contribution in [1.29, 1.82) is 0 Å². The van der Waals surface area contributed by atoms with E-state index >= 15 is 0 Å². The highest BCUT2D eigenvalue weighted by atomic mass is 16.4. The Morgan fingerprint density at radius 2 is 1.88 bits per heavy atom. The maximum atomic E-state index is 12.0. The first-order chi connectivity index (χ1) is 8.03. The van der Waals surface area contributed by atoms with Gasteiger partial charge in [-0.1, -0.05) is 6.92 Å². The Morgan fingerprint density at radius 1 is 1.29 bits per heavy atom. The van der Waals surface area contributed by atoms with Crippen molar-refractivity contribution in [2.75, 3.05) is 13.1 Å². The second kappa shape index (κ2) is 4.55. The second-order valence-electron chi connectivity index (χ2n) is 5.34. The summed E-state index contributed by atoms with van der Waals surface area (Å²) >= 11 is 0. The summed E-state index contributed by atoms with van der Waals surface area (Å²) in [6, 6.07) is -0.209. The van der Waals surface area contributed by atoms with Crippen LogP contribution < -0.4 is 5.32 Å². The largest absolute Gasteiger partial charge is 0.480 e. The molecule has 2 amide bonds. The maximum absolute atomic E-state index is 12.0. The van der Waals surface area contributed by atoms with Gasteiger partial charge in [0, 0.05) is 13.1 Å². The highest BCUT2D eigenvalue weighted by molar-refractivity contribution is 5.87. The Labute approximate surface area is 101 Å². The van der Waals surface area contributed by atoms with Gasteiger partial charge in [0.15, 0.2) is 0 Å². The molecular formula is C12H20N2O3. The van der Waals surface area contributed by atoms with E-state index in [1.165, 1.54) is 0 Å². The number of carbonyl (C=O) groups excluding carboxylic acids is 1. The molecule has 96 valence electrons. The molecule has 1 aliphatic carbocycles. The van der Waals surface area contributed by atoms with E-state index in [4.69, 9.17) is 5.11 Å². The zero-order chi connectivity index (χ0) is 12.5. The standard InChI is InChI=1S/C12H20N2O3/c1-9-3-7-14(8-4-9)11(17)13-12(10(15)16)5-2-6-12/h9H,2-8H2,1H3,(H,13,17)(H,15,16). The minimum Gasteiger partial charge on any atom is -0.480 e. The van der Waals surface area contributed by atoms with Crippen LogP contribution in [0.3, 0.4) is 0 Å². The van der Waals surface area contributed by atoms with Gasteiger partial charge in [-0.05, 0) is 38.0 Å². The van der Waals surface area contributed by atoms with Crippen molar-refractivity contribution in [2.24, 2.45) is 5.92 Å². The summed E-state index contributed by atoms with van der Waals surface area (Å²) in [6.07, 6.45) is 4.00. The van der Waals surface area contributed by atoms with E-state index in [1.54, 1.807) is 4.90 Å². The van der Waals surface area contributed by atoms with Crippen LogP contribution in [0.25, 0.3) is 0 Å². The Balaban J connectivity index is 1.90. The molecule has 1 aliphatic heterocycles. The van der Waals surface area contributed by atoms with Crippen LogP contribution in [-0.4, -0.2) is 40.6 Å². The van der Waals surface area contributed by atoms with Crippen LogP contribution in [0.4, 0.5) is 4.79 Å². The van der Waals surface area contributed by atoms with E-state index < -0.39 is 11.5 Å². The number of nitrogens with zero attached hydrogens (tertiary/aromatic N) is 1. The van der Waals surface area contributed by atoms with Gasteiger partial charge in [0.2, 0.25) is 0 Å². The summed E-state index contributed by atoms with van der Waals surface area (Å²) in [7, 11) is 0. The van der Waals surface area contributed by atoms with Crippen molar-refractivity contribution < 1.29 is 14.7 Å². The molecule has 0 unspecified atom stereocenters. The molecule has 0 bridgehead atoms. The van der Waals surface area contributed by atoms with Gasteiger partial charge in [0.1, 0.15) is 5.54 Å². The van der Waals surface area contributed by atoms with Crippen LogP contribution >= 0.6 is 0 Å². The number of aliphatic carboxylic acids is 1. The number of likely N-dealkylation sites (tertiary alicyclic amines) is 1. The first-order valence-electron chi connectivity index (χ1n) is 6.34. The van der Waals surface area contributed by atoms with Crippen LogP contribution in [0, 0.1) is 5.92 Å². The number of rotatable bonds is 2. The molecule has 0 aromatic carbocycles. The molecule has 2 aliphatic rings. The number of carboxylic acid groups (broad SMARTS) is 1. The van der Waals surface area contributed by atoms with E-state index in [2.05, 4.69) is 12.2 Å². The molecule has 0 aromatic heterocycles. The number of urea groups is 1. The number of hydrogen-bond acceptors (Lipinski definition) is 2. The molecule has 0 aromatic rings. The van der Waals surface area contributed by atoms with Crippen molar-refractivity contribution in [3.05, 3.63) is 0 Å². The van der Waals surface area contributed by atoms with E-state index in [1.807, 2.05) is 0 Å². The molecule has 5 nitrogen and oxygen atoms in total. The van der Waals surface area contributed by atoms with Crippen molar-refractivity contribution in [2.45, 2.75) is 44.6 Å². The maximum Gasteiger partial charge on any atom is 0.329 e. The number of piperidine rings is 1. The topological polar surface area (TPSA) is 69.6 Å². The quantitative estimate of drug-likeness (QED) is 0.767. The molecule has 0 radical (unpaired) electrons. The molecule has 2 fully saturated rings. The third-order valence-electron chi connectivity index (χ3n) is 4.03. The second-order valence-corrected chi connectivity index (χ2v) is 5.34. The number of carboxylic acids is 1. The van der Waals surface area contributed by atoms with Gasteiger partial charge in [-0.2, -0.15) is 0 Å². The van der Waals surface area contributed by atoms with Gasteiger partial charge < -0.3 is 15.3 Å². The van der Waals surface area contributed by atoms with Gasteiger partial charge in [0.25, 0.3) is 0 Å². The van der Waals surface area contributed by atoms with Crippen LogP contribution in [0.1, 0.15) is 39.0 Å². The van der Waals surface area contributed by atoms with Crippen molar-refractivity contribution in [1.82, 2.24) is 10.2 Å². The van der Waals surface area contributed by atoms with E-state index in [9.17, 15) is 9.59 Å². The van der Waals surface area contributed by atoms with Gasteiger partial charge >= 0.3 is 12.0 Å². The molecule has 1 saturated carbocycles. The van der Waals surface area contributed by atoms with Crippen LogP contribution in [0.5, 0.6) is 0 Å². The number of hydrogen-bond donors (Lipinski definition) is 2. The monoisotopic (exact) mass is 240 g/mol. The lowest BCUT2D eigenvalue weighted by Crippen LogP contribution is -2.62. The first-order valence-corrected chi connectivity index (χ1v) is 6.34. The Bertz CT molecular complexity index is 318. The molecular weight excluding hydrogens is 220 g/mol. The van der Waals surface area contributed by atoms with Crippen molar-refractivity contribution in [3.63, 3.8) is 0 Å². The zero-order valence-electron chi connectivity index (χ0n) is 10.2. The van der Waals surface area contributed by atoms with E-state index in [0.717, 1.165) is 32.4 Å². The lowest BCUT2D eigenvalue weighted by molar-refractivity contribution is -0.148.